The standard InChI is InChI=1S/C20H24O6/c1-6-8(2)19(23)25-17-10(4)14-12(21)7-9(3)13(14)18-15(16(17)22)11(5)20(24)26-18/h6-7,10,13-18,22H,5H2,1-4H3/b8-6-/t10-,13+,14-,15+,16-,17-,18-/m1/s1. The predicted octanol–water partition coefficient (Wildman–Crippen LogP) is 1.73. The molecular formula is C20H24O6. The van der Waals surface area contributed by atoms with Crippen molar-refractivity contribution in [3.63, 3.8) is 0 Å². The average molecular weight is 360 g/mol. The molecule has 1 saturated carbocycles. The van der Waals surface area contributed by atoms with Crippen LogP contribution in [0.3, 0.4) is 0 Å². The number of carbonyl (C=O) groups is 3. The van der Waals surface area contributed by atoms with Crippen molar-refractivity contribution in [2.75, 3.05) is 0 Å². The lowest BCUT2D eigenvalue weighted by atomic mass is 9.78. The summed E-state index contributed by atoms with van der Waals surface area (Å²) < 4.78 is 11.1. The minimum absolute atomic E-state index is 0.0924. The first-order chi connectivity index (χ1) is 12.2. The third-order valence-electron chi connectivity index (χ3n) is 6.01. The number of carbonyl (C=O) groups excluding carboxylic acids is 3. The van der Waals surface area contributed by atoms with Gasteiger partial charge in [0.05, 0.1) is 5.92 Å². The van der Waals surface area contributed by atoms with Gasteiger partial charge in [-0.2, -0.15) is 0 Å². The van der Waals surface area contributed by atoms with Crippen LogP contribution in [0.15, 0.2) is 35.5 Å². The van der Waals surface area contributed by atoms with Crippen molar-refractivity contribution in [1.82, 2.24) is 0 Å². The molecule has 0 aromatic heterocycles. The maximum Gasteiger partial charge on any atom is 0.334 e. The van der Waals surface area contributed by atoms with E-state index in [-0.39, 0.29) is 17.3 Å². The van der Waals surface area contributed by atoms with E-state index in [1.54, 1.807) is 32.9 Å². The minimum Gasteiger partial charge on any atom is -0.458 e. The second kappa shape index (κ2) is 6.50. The summed E-state index contributed by atoms with van der Waals surface area (Å²) in [6.07, 6.45) is 0.399. The fourth-order valence-electron chi connectivity index (χ4n) is 4.46. The van der Waals surface area contributed by atoms with Gasteiger partial charge in [-0.3, -0.25) is 4.79 Å². The molecule has 0 spiro atoms. The van der Waals surface area contributed by atoms with E-state index in [0.29, 0.717) is 5.57 Å². The number of fused-ring (bicyclic) bond motifs is 3. The molecule has 7 atom stereocenters. The van der Waals surface area contributed by atoms with E-state index in [2.05, 4.69) is 6.58 Å². The molecule has 0 bridgehead atoms. The molecule has 6 nitrogen and oxygen atoms in total. The maximum absolute atomic E-state index is 12.6. The summed E-state index contributed by atoms with van der Waals surface area (Å²) in [7, 11) is 0. The second-order valence-electron chi connectivity index (χ2n) is 7.45. The molecule has 1 saturated heterocycles. The first-order valence-electron chi connectivity index (χ1n) is 8.82. The predicted molar refractivity (Wildman–Crippen MR) is 92.7 cm³/mol. The van der Waals surface area contributed by atoms with E-state index in [0.717, 1.165) is 5.57 Å². The smallest absolute Gasteiger partial charge is 0.334 e. The fraction of sp³-hybridized carbons (Fsp3) is 0.550. The highest BCUT2D eigenvalue weighted by molar-refractivity contribution is 5.97. The Bertz CT molecular complexity index is 745. The molecule has 2 aliphatic carbocycles. The number of ether oxygens (including phenoxy) is 2. The molecule has 0 aromatic carbocycles. The lowest BCUT2D eigenvalue weighted by Crippen LogP contribution is -2.43. The molecule has 0 aromatic rings. The van der Waals surface area contributed by atoms with Gasteiger partial charge in [0.15, 0.2) is 5.78 Å². The van der Waals surface area contributed by atoms with Crippen LogP contribution in [-0.2, 0) is 23.9 Å². The van der Waals surface area contributed by atoms with Gasteiger partial charge in [0.2, 0.25) is 0 Å². The first-order valence-corrected chi connectivity index (χ1v) is 8.82. The van der Waals surface area contributed by atoms with Gasteiger partial charge < -0.3 is 14.6 Å². The molecule has 3 rings (SSSR count). The number of hydrogen-bond donors (Lipinski definition) is 1. The Morgan fingerprint density at radius 2 is 1.96 bits per heavy atom. The zero-order chi connectivity index (χ0) is 19.3. The zero-order valence-corrected chi connectivity index (χ0v) is 15.4. The second-order valence-corrected chi connectivity index (χ2v) is 7.45. The van der Waals surface area contributed by atoms with E-state index in [4.69, 9.17) is 9.47 Å². The van der Waals surface area contributed by atoms with Crippen molar-refractivity contribution in [3.8, 4) is 0 Å². The van der Waals surface area contributed by atoms with Gasteiger partial charge >= 0.3 is 11.9 Å². The normalized spacial score (nSPS) is 39.7. The molecule has 1 heterocycles. The van der Waals surface area contributed by atoms with Gasteiger partial charge in [-0.05, 0) is 26.8 Å². The van der Waals surface area contributed by atoms with Crippen molar-refractivity contribution in [2.45, 2.75) is 46.0 Å². The molecule has 3 aliphatic rings. The third-order valence-corrected chi connectivity index (χ3v) is 6.01. The van der Waals surface area contributed by atoms with Gasteiger partial charge in [-0.15, -0.1) is 0 Å². The van der Waals surface area contributed by atoms with Crippen molar-refractivity contribution in [2.24, 2.45) is 23.7 Å². The van der Waals surface area contributed by atoms with E-state index < -0.39 is 48.0 Å². The van der Waals surface area contributed by atoms with Crippen LogP contribution in [0.5, 0.6) is 0 Å². The van der Waals surface area contributed by atoms with E-state index in [1.807, 2.05) is 6.92 Å². The summed E-state index contributed by atoms with van der Waals surface area (Å²) in [5.41, 5.74) is 1.38. The molecule has 0 amide bonds. The van der Waals surface area contributed by atoms with Gasteiger partial charge in [0.25, 0.3) is 0 Å². The van der Waals surface area contributed by atoms with Crippen molar-refractivity contribution >= 4 is 17.7 Å². The van der Waals surface area contributed by atoms with Crippen molar-refractivity contribution in [1.29, 1.82) is 0 Å². The van der Waals surface area contributed by atoms with Gasteiger partial charge in [-0.1, -0.05) is 25.2 Å². The summed E-state index contributed by atoms with van der Waals surface area (Å²) in [4.78, 5) is 37.0. The van der Waals surface area contributed by atoms with Crippen LogP contribution in [0.4, 0.5) is 0 Å². The molecule has 2 fully saturated rings. The fourth-order valence-corrected chi connectivity index (χ4v) is 4.46. The summed E-state index contributed by atoms with van der Waals surface area (Å²) >= 11 is 0. The number of aliphatic hydroxyl groups is 1. The molecule has 140 valence electrons. The van der Waals surface area contributed by atoms with Gasteiger partial charge in [-0.25, -0.2) is 9.59 Å². The largest absolute Gasteiger partial charge is 0.458 e. The quantitative estimate of drug-likeness (QED) is 0.596. The number of allylic oxidation sites excluding steroid dienone is 2. The van der Waals surface area contributed by atoms with Crippen LogP contribution in [-0.4, -0.2) is 41.1 Å². The van der Waals surface area contributed by atoms with Crippen LogP contribution in [0, 0.1) is 23.7 Å². The number of rotatable bonds is 2. The van der Waals surface area contributed by atoms with Gasteiger partial charge in [0.1, 0.15) is 18.3 Å². The monoisotopic (exact) mass is 360 g/mol. The highest BCUT2D eigenvalue weighted by atomic mass is 16.6. The summed E-state index contributed by atoms with van der Waals surface area (Å²) in [6.45, 7) is 10.7. The molecule has 1 N–H and O–H groups in total. The number of aliphatic hydroxyl groups excluding tert-OH is 1. The van der Waals surface area contributed by atoms with Crippen LogP contribution in [0.1, 0.15) is 27.7 Å². The first kappa shape index (κ1) is 18.6. The lowest BCUT2D eigenvalue weighted by molar-refractivity contribution is -0.158. The van der Waals surface area contributed by atoms with E-state index in [1.165, 1.54) is 0 Å². The van der Waals surface area contributed by atoms with Crippen molar-refractivity contribution < 1.29 is 29.0 Å². The average Bonchev–Trinajstić information content (AvgIpc) is 3.02. The molecule has 0 unspecified atom stereocenters. The Morgan fingerprint density at radius 3 is 2.58 bits per heavy atom. The summed E-state index contributed by atoms with van der Waals surface area (Å²) in [5.74, 6) is -3.21. The van der Waals surface area contributed by atoms with Crippen molar-refractivity contribution in [3.05, 3.63) is 35.5 Å². The highest BCUT2D eigenvalue weighted by Crippen LogP contribution is 2.50. The molecular weight excluding hydrogens is 336 g/mol. The number of ketones is 1. The SMILES string of the molecule is C=C1C(=O)O[C@@H]2[C@H]3C(C)=CC(=O)[C@H]3[C@@H](C)[C@@H](OC(=O)/C(C)=C\C)[C@H](O)[C@H]12. The number of hydrogen-bond acceptors (Lipinski definition) is 6. The Kier molecular flexibility index (Phi) is 4.65. The lowest BCUT2D eigenvalue weighted by Gasteiger charge is -2.31. The summed E-state index contributed by atoms with van der Waals surface area (Å²) in [6, 6.07) is 0. The number of esters is 2. The van der Waals surface area contributed by atoms with Crippen LogP contribution >= 0.6 is 0 Å². The molecule has 26 heavy (non-hydrogen) atoms. The third kappa shape index (κ3) is 2.63. The highest BCUT2D eigenvalue weighted by Gasteiger charge is 2.59. The molecule has 6 heteroatoms. The van der Waals surface area contributed by atoms with Gasteiger partial charge in [0, 0.05) is 28.9 Å². The maximum atomic E-state index is 12.6. The van der Waals surface area contributed by atoms with E-state index >= 15 is 0 Å². The Hall–Kier alpha value is -2.21. The summed E-state index contributed by atoms with van der Waals surface area (Å²) in [5, 5.41) is 11.0. The Morgan fingerprint density at radius 1 is 1.31 bits per heavy atom. The Balaban J connectivity index is 2.04. The molecule has 0 radical (unpaired) electrons. The van der Waals surface area contributed by atoms with Crippen LogP contribution in [0.25, 0.3) is 0 Å². The van der Waals surface area contributed by atoms with Crippen LogP contribution in [0.2, 0.25) is 0 Å². The zero-order valence-electron chi connectivity index (χ0n) is 15.4. The Labute approximate surface area is 152 Å². The minimum atomic E-state index is -1.17. The topological polar surface area (TPSA) is 89.9 Å². The van der Waals surface area contributed by atoms with Crippen LogP contribution < -0.4 is 0 Å². The molecule has 1 aliphatic heterocycles. The van der Waals surface area contributed by atoms with E-state index in [9.17, 15) is 19.5 Å².